The SMILES string of the molecule is COc1nc(Cl)nc2c1CC(=O)N2C1CC1. The Morgan fingerprint density at radius 2 is 2.19 bits per heavy atom. The molecule has 1 saturated carbocycles. The van der Waals surface area contributed by atoms with E-state index < -0.39 is 0 Å². The molecule has 5 nitrogen and oxygen atoms in total. The average molecular weight is 240 g/mol. The zero-order chi connectivity index (χ0) is 11.3. The fourth-order valence-electron chi connectivity index (χ4n) is 2.01. The Bertz CT molecular complexity index is 473. The van der Waals surface area contributed by atoms with Gasteiger partial charge in [-0.2, -0.15) is 9.97 Å². The van der Waals surface area contributed by atoms with Crippen LogP contribution >= 0.6 is 11.6 Å². The van der Waals surface area contributed by atoms with Crippen LogP contribution in [-0.4, -0.2) is 29.0 Å². The number of carbonyl (C=O) groups excluding carboxylic acids is 1. The van der Waals surface area contributed by atoms with Gasteiger partial charge in [-0.15, -0.1) is 0 Å². The molecule has 0 radical (unpaired) electrons. The van der Waals surface area contributed by atoms with Crippen LogP contribution in [0.5, 0.6) is 5.88 Å². The molecule has 1 aliphatic heterocycles. The summed E-state index contributed by atoms with van der Waals surface area (Å²) in [6.45, 7) is 0. The molecule has 16 heavy (non-hydrogen) atoms. The predicted molar refractivity (Wildman–Crippen MR) is 57.8 cm³/mol. The van der Waals surface area contributed by atoms with E-state index in [4.69, 9.17) is 16.3 Å². The molecule has 1 aromatic heterocycles. The van der Waals surface area contributed by atoms with Crippen molar-refractivity contribution in [1.29, 1.82) is 0 Å². The maximum Gasteiger partial charge on any atom is 0.233 e. The molecule has 0 saturated heterocycles. The lowest BCUT2D eigenvalue weighted by atomic mass is 10.2. The molecule has 0 aromatic carbocycles. The van der Waals surface area contributed by atoms with E-state index in [1.807, 2.05) is 0 Å². The van der Waals surface area contributed by atoms with Gasteiger partial charge in [-0.05, 0) is 24.4 Å². The number of fused-ring (bicyclic) bond motifs is 1. The Kier molecular flexibility index (Phi) is 2.04. The summed E-state index contributed by atoms with van der Waals surface area (Å²) in [5, 5.41) is 0.121. The third-order valence-corrected chi connectivity index (χ3v) is 3.02. The molecule has 1 fully saturated rings. The number of nitrogens with zero attached hydrogens (tertiary/aromatic N) is 3. The molecule has 2 heterocycles. The van der Waals surface area contributed by atoms with Crippen LogP contribution in [0.1, 0.15) is 18.4 Å². The van der Waals surface area contributed by atoms with Crippen molar-refractivity contribution in [1.82, 2.24) is 9.97 Å². The van der Waals surface area contributed by atoms with Crippen molar-refractivity contribution < 1.29 is 9.53 Å². The zero-order valence-electron chi connectivity index (χ0n) is 8.73. The second kappa shape index (κ2) is 3.31. The molecule has 6 heteroatoms. The summed E-state index contributed by atoms with van der Waals surface area (Å²) in [7, 11) is 1.52. The van der Waals surface area contributed by atoms with Crippen LogP contribution in [0.2, 0.25) is 5.28 Å². The molecule has 0 unspecified atom stereocenters. The number of halogens is 1. The topological polar surface area (TPSA) is 55.3 Å². The van der Waals surface area contributed by atoms with Crippen LogP contribution in [0, 0.1) is 0 Å². The van der Waals surface area contributed by atoms with Crippen LogP contribution in [0.25, 0.3) is 0 Å². The maximum atomic E-state index is 11.9. The molecule has 0 N–H and O–H groups in total. The van der Waals surface area contributed by atoms with Crippen molar-refractivity contribution in [3.05, 3.63) is 10.8 Å². The van der Waals surface area contributed by atoms with E-state index >= 15 is 0 Å². The number of anilines is 1. The van der Waals surface area contributed by atoms with Crippen molar-refractivity contribution in [2.75, 3.05) is 12.0 Å². The number of amides is 1. The fraction of sp³-hybridized carbons (Fsp3) is 0.500. The number of aromatic nitrogens is 2. The summed E-state index contributed by atoms with van der Waals surface area (Å²) < 4.78 is 5.12. The average Bonchev–Trinajstić information content (AvgIpc) is 3.01. The number of hydrogen-bond donors (Lipinski definition) is 0. The lowest BCUT2D eigenvalue weighted by Crippen LogP contribution is -2.29. The van der Waals surface area contributed by atoms with Crippen LogP contribution in [0.3, 0.4) is 0 Å². The van der Waals surface area contributed by atoms with Gasteiger partial charge in [0.25, 0.3) is 0 Å². The van der Waals surface area contributed by atoms with Gasteiger partial charge in [-0.3, -0.25) is 9.69 Å². The van der Waals surface area contributed by atoms with E-state index in [-0.39, 0.29) is 11.2 Å². The van der Waals surface area contributed by atoms with E-state index in [1.54, 1.807) is 4.90 Å². The molecule has 84 valence electrons. The first-order chi connectivity index (χ1) is 7.70. The standard InChI is InChI=1S/C10H10ClN3O2/c1-16-9-6-4-7(15)14(5-2-3-5)8(6)12-10(11)13-9/h5H,2-4H2,1H3. The highest BCUT2D eigenvalue weighted by molar-refractivity contribution is 6.28. The van der Waals surface area contributed by atoms with E-state index in [0.717, 1.165) is 18.4 Å². The summed E-state index contributed by atoms with van der Waals surface area (Å²) in [6.07, 6.45) is 2.39. The summed E-state index contributed by atoms with van der Waals surface area (Å²) in [4.78, 5) is 21.7. The second-order valence-electron chi connectivity index (χ2n) is 3.98. The van der Waals surface area contributed by atoms with Crippen molar-refractivity contribution in [3.63, 3.8) is 0 Å². The van der Waals surface area contributed by atoms with E-state index in [9.17, 15) is 4.79 Å². The van der Waals surface area contributed by atoms with Gasteiger partial charge in [0.05, 0.1) is 19.1 Å². The highest BCUT2D eigenvalue weighted by Gasteiger charge is 2.41. The largest absolute Gasteiger partial charge is 0.481 e. The van der Waals surface area contributed by atoms with Gasteiger partial charge in [-0.1, -0.05) is 0 Å². The maximum absolute atomic E-state index is 11.9. The second-order valence-corrected chi connectivity index (χ2v) is 4.31. The minimum Gasteiger partial charge on any atom is -0.481 e. The van der Waals surface area contributed by atoms with Crippen molar-refractivity contribution in [2.24, 2.45) is 0 Å². The highest BCUT2D eigenvalue weighted by Crippen LogP contribution is 2.40. The number of carbonyl (C=O) groups is 1. The molecule has 0 atom stereocenters. The molecule has 2 aliphatic rings. The molecule has 3 rings (SSSR count). The monoisotopic (exact) mass is 239 g/mol. The summed E-state index contributed by atoms with van der Waals surface area (Å²) in [6, 6.07) is 0.296. The minimum absolute atomic E-state index is 0.0624. The zero-order valence-corrected chi connectivity index (χ0v) is 9.49. The third-order valence-electron chi connectivity index (χ3n) is 2.85. The number of ether oxygens (including phenoxy) is 1. The first-order valence-electron chi connectivity index (χ1n) is 5.13. The van der Waals surface area contributed by atoms with Gasteiger partial charge >= 0.3 is 0 Å². The third kappa shape index (κ3) is 1.35. The van der Waals surface area contributed by atoms with Gasteiger partial charge in [0, 0.05) is 6.04 Å². The first-order valence-corrected chi connectivity index (χ1v) is 5.51. The van der Waals surface area contributed by atoms with Crippen LogP contribution in [0.4, 0.5) is 5.82 Å². The first kappa shape index (κ1) is 9.84. The molecule has 0 bridgehead atoms. The molecular weight excluding hydrogens is 230 g/mol. The molecule has 1 aliphatic carbocycles. The number of rotatable bonds is 2. The van der Waals surface area contributed by atoms with E-state index in [2.05, 4.69) is 9.97 Å². The number of hydrogen-bond acceptors (Lipinski definition) is 4. The van der Waals surface area contributed by atoms with Crippen LogP contribution in [0.15, 0.2) is 0 Å². The Morgan fingerprint density at radius 3 is 2.81 bits per heavy atom. The van der Waals surface area contributed by atoms with Gasteiger partial charge in [-0.25, -0.2) is 0 Å². The smallest absolute Gasteiger partial charge is 0.233 e. The van der Waals surface area contributed by atoms with Crippen LogP contribution < -0.4 is 9.64 Å². The quantitative estimate of drug-likeness (QED) is 0.728. The summed E-state index contributed by atoms with van der Waals surface area (Å²) >= 11 is 5.81. The van der Waals surface area contributed by atoms with Gasteiger partial charge in [0.1, 0.15) is 5.82 Å². The molecule has 1 amide bonds. The van der Waals surface area contributed by atoms with Gasteiger partial charge in [0.2, 0.25) is 17.1 Å². The Balaban J connectivity index is 2.13. The Labute approximate surface area is 97.4 Å². The van der Waals surface area contributed by atoms with Crippen molar-refractivity contribution in [3.8, 4) is 5.88 Å². The molecule has 1 aromatic rings. The molecular formula is C10H10ClN3O2. The summed E-state index contributed by atoms with van der Waals surface area (Å²) in [5.74, 6) is 1.10. The fourth-order valence-corrected chi connectivity index (χ4v) is 2.17. The lowest BCUT2D eigenvalue weighted by molar-refractivity contribution is -0.117. The lowest BCUT2D eigenvalue weighted by Gasteiger charge is -2.15. The van der Waals surface area contributed by atoms with E-state index in [1.165, 1.54) is 7.11 Å². The van der Waals surface area contributed by atoms with Crippen molar-refractivity contribution in [2.45, 2.75) is 25.3 Å². The molecule has 0 spiro atoms. The highest BCUT2D eigenvalue weighted by atomic mass is 35.5. The predicted octanol–water partition coefficient (Wildman–Crippen LogP) is 1.19. The van der Waals surface area contributed by atoms with Gasteiger partial charge < -0.3 is 4.74 Å². The normalized spacial score (nSPS) is 18.9. The van der Waals surface area contributed by atoms with Crippen molar-refractivity contribution >= 4 is 23.3 Å². The Hall–Kier alpha value is -1.36. The Morgan fingerprint density at radius 1 is 1.44 bits per heavy atom. The van der Waals surface area contributed by atoms with E-state index in [0.29, 0.717) is 24.2 Å². The minimum atomic E-state index is 0.0624. The number of methoxy groups -OCH3 is 1. The van der Waals surface area contributed by atoms with Gasteiger partial charge in [0.15, 0.2) is 0 Å². The summed E-state index contributed by atoms with van der Waals surface area (Å²) in [5.41, 5.74) is 0.754. The van der Waals surface area contributed by atoms with Crippen LogP contribution in [-0.2, 0) is 11.2 Å².